The average molecular weight is 200 g/mol. The van der Waals surface area contributed by atoms with Gasteiger partial charge in [-0.3, -0.25) is 0 Å². The lowest BCUT2D eigenvalue weighted by Crippen LogP contribution is -2.03. The standard InChI is InChI=1S/C7H5F3.C4H6/c8-7(9,10)6-4-2-1-3-5-6;1-3-4-2/h1-5H;1H,4H2,2H3. The van der Waals surface area contributed by atoms with Crippen molar-refractivity contribution in [2.45, 2.75) is 19.5 Å². The van der Waals surface area contributed by atoms with E-state index in [-0.39, 0.29) is 0 Å². The van der Waals surface area contributed by atoms with Crippen molar-refractivity contribution in [3.8, 4) is 12.3 Å². The monoisotopic (exact) mass is 200 g/mol. The van der Waals surface area contributed by atoms with Gasteiger partial charge in [-0.05, 0) is 0 Å². The topological polar surface area (TPSA) is 0 Å². The van der Waals surface area contributed by atoms with E-state index in [9.17, 15) is 13.2 Å². The first-order valence-electron chi connectivity index (χ1n) is 4.08. The lowest BCUT2D eigenvalue weighted by Gasteiger charge is -2.03. The second kappa shape index (κ2) is 6.09. The Bertz CT molecular complexity index is 280. The summed E-state index contributed by atoms with van der Waals surface area (Å²) in [6, 6.07) is 6.36. The van der Waals surface area contributed by atoms with Gasteiger partial charge in [0.05, 0.1) is 5.56 Å². The van der Waals surface area contributed by atoms with E-state index in [2.05, 4.69) is 5.92 Å². The van der Waals surface area contributed by atoms with Crippen LogP contribution in [0.4, 0.5) is 13.2 Å². The van der Waals surface area contributed by atoms with Crippen molar-refractivity contribution in [1.82, 2.24) is 0 Å². The van der Waals surface area contributed by atoms with Gasteiger partial charge in [0.1, 0.15) is 0 Å². The van der Waals surface area contributed by atoms with E-state index in [1.807, 2.05) is 6.92 Å². The van der Waals surface area contributed by atoms with E-state index in [1.54, 1.807) is 6.07 Å². The molecule has 3 heteroatoms. The van der Waals surface area contributed by atoms with Crippen LogP contribution in [0.5, 0.6) is 0 Å². The summed E-state index contributed by atoms with van der Waals surface area (Å²) in [4.78, 5) is 0. The fourth-order valence-corrected chi connectivity index (χ4v) is 0.627. The summed E-state index contributed by atoms with van der Waals surface area (Å²) in [6.45, 7) is 1.94. The molecule has 1 aromatic rings. The van der Waals surface area contributed by atoms with E-state index < -0.39 is 11.7 Å². The number of terminal acetylenes is 1. The molecule has 0 aliphatic heterocycles. The number of alkyl halides is 3. The molecule has 0 fully saturated rings. The summed E-state index contributed by atoms with van der Waals surface area (Å²) < 4.78 is 35.4. The Morgan fingerprint density at radius 1 is 1.21 bits per heavy atom. The van der Waals surface area contributed by atoms with Crippen LogP contribution >= 0.6 is 0 Å². The Balaban J connectivity index is 0.000000364. The molecule has 0 heterocycles. The Morgan fingerprint density at radius 2 is 1.64 bits per heavy atom. The highest BCUT2D eigenvalue weighted by Crippen LogP contribution is 2.28. The molecule has 0 aliphatic carbocycles. The molecule has 0 aromatic heterocycles. The molecule has 0 spiro atoms. The maximum atomic E-state index is 11.8. The fraction of sp³-hybridized carbons (Fsp3) is 0.273. The summed E-state index contributed by atoms with van der Waals surface area (Å²) in [5, 5.41) is 0. The summed E-state index contributed by atoms with van der Waals surface area (Å²) in [5.74, 6) is 2.43. The SMILES string of the molecule is C#CCC.FC(F)(F)c1ccccc1. The first kappa shape index (κ1) is 12.6. The molecular formula is C11H11F3. The Labute approximate surface area is 81.8 Å². The van der Waals surface area contributed by atoms with Gasteiger partial charge >= 0.3 is 6.18 Å². The molecular weight excluding hydrogens is 189 g/mol. The van der Waals surface area contributed by atoms with Crippen molar-refractivity contribution in [2.75, 3.05) is 0 Å². The van der Waals surface area contributed by atoms with Crippen LogP contribution in [-0.4, -0.2) is 0 Å². The number of benzene rings is 1. The maximum Gasteiger partial charge on any atom is 0.416 e. The van der Waals surface area contributed by atoms with Crippen LogP contribution in [0.1, 0.15) is 18.9 Å². The Kier molecular flexibility index (Phi) is 5.47. The van der Waals surface area contributed by atoms with E-state index in [0.29, 0.717) is 0 Å². The smallest absolute Gasteiger partial charge is 0.166 e. The Hall–Kier alpha value is -1.43. The molecule has 0 amide bonds. The third-order valence-corrected chi connectivity index (χ3v) is 1.31. The van der Waals surface area contributed by atoms with Gasteiger partial charge in [0.25, 0.3) is 0 Å². The van der Waals surface area contributed by atoms with Gasteiger partial charge in [-0.1, -0.05) is 37.3 Å². The van der Waals surface area contributed by atoms with Crippen LogP contribution in [0.25, 0.3) is 0 Å². The highest BCUT2D eigenvalue weighted by Gasteiger charge is 2.29. The molecule has 0 unspecified atom stereocenters. The first-order valence-corrected chi connectivity index (χ1v) is 4.08. The quantitative estimate of drug-likeness (QED) is 0.560. The van der Waals surface area contributed by atoms with E-state index in [0.717, 1.165) is 18.6 Å². The predicted molar refractivity (Wildman–Crippen MR) is 50.6 cm³/mol. The van der Waals surface area contributed by atoms with Crippen LogP contribution < -0.4 is 0 Å². The molecule has 0 nitrogen and oxygen atoms in total. The summed E-state index contributed by atoms with van der Waals surface area (Å²) in [7, 11) is 0. The van der Waals surface area contributed by atoms with Gasteiger partial charge in [-0.25, -0.2) is 0 Å². The molecule has 14 heavy (non-hydrogen) atoms. The zero-order valence-electron chi connectivity index (χ0n) is 7.81. The molecule has 0 radical (unpaired) electrons. The van der Waals surface area contributed by atoms with Crippen molar-refractivity contribution in [3.63, 3.8) is 0 Å². The molecule has 1 rings (SSSR count). The number of halogens is 3. The van der Waals surface area contributed by atoms with Gasteiger partial charge in [0.2, 0.25) is 0 Å². The first-order chi connectivity index (χ1) is 6.52. The van der Waals surface area contributed by atoms with Crippen LogP contribution in [0.2, 0.25) is 0 Å². The molecule has 0 N–H and O–H groups in total. The van der Waals surface area contributed by atoms with Gasteiger partial charge in [-0.2, -0.15) is 13.2 Å². The van der Waals surface area contributed by atoms with E-state index in [1.165, 1.54) is 12.1 Å². The third kappa shape index (κ3) is 5.26. The highest BCUT2D eigenvalue weighted by atomic mass is 19.4. The van der Waals surface area contributed by atoms with Crippen molar-refractivity contribution in [3.05, 3.63) is 35.9 Å². The molecule has 1 aromatic carbocycles. The van der Waals surface area contributed by atoms with Crippen LogP contribution in [-0.2, 0) is 6.18 Å². The fourth-order valence-electron chi connectivity index (χ4n) is 0.627. The third-order valence-electron chi connectivity index (χ3n) is 1.31. The number of hydrogen-bond donors (Lipinski definition) is 0. The predicted octanol–water partition coefficient (Wildman–Crippen LogP) is 3.74. The average Bonchev–Trinajstić information content (AvgIpc) is 2.18. The van der Waals surface area contributed by atoms with Crippen LogP contribution in [0.15, 0.2) is 30.3 Å². The molecule has 0 aliphatic rings. The largest absolute Gasteiger partial charge is 0.416 e. The Morgan fingerprint density at radius 3 is 1.86 bits per heavy atom. The van der Waals surface area contributed by atoms with Crippen LogP contribution in [0, 0.1) is 12.3 Å². The number of rotatable bonds is 0. The molecule has 0 atom stereocenters. The van der Waals surface area contributed by atoms with Gasteiger partial charge in [0, 0.05) is 6.42 Å². The van der Waals surface area contributed by atoms with Crippen LogP contribution in [0.3, 0.4) is 0 Å². The minimum absolute atomic E-state index is 0.602. The van der Waals surface area contributed by atoms with Crippen molar-refractivity contribution in [2.24, 2.45) is 0 Å². The van der Waals surface area contributed by atoms with Crippen molar-refractivity contribution in [1.29, 1.82) is 0 Å². The summed E-state index contributed by atoms with van der Waals surface area (Å²) in [6.07, 6.45) is 1.42. The molecule has 0 saturated heterocycles. The summed E-state index contributed by atoms with van der Waals surface area (Å²) >= 11 is 0. The molecule has 76 valence electrons. The molecule has 0 bridgehead atoms. The maximum absolute atomic E-state index is 11.8. The lowest BCUT2D eigenvalue weighted by molar-refractivity contribution is -0.137. The zero-order valence-corrected chi connectivity index (χ0v) is 7.81. The zero-order chi connectivity index (χ0) is 11.0. The van der Waals surface area contributed by atoms with E-state index in [4.69, 9.17) is 6.42 Å². The van der Waals surface area contributed by atoms with Crippen molar-refractivity contribution < 1.29 is 13.2 Å². The van der Waals surface area contributed by atoms with Crippen molar-refractivity contribution >= 4 is 0 Å². The van der Waals surface area contributed by atoms with Gasteiger partial charge < -0.3 is 0 Å². The number of hydrogen-bond acceptors (Lipinski definition) is 0. The van der Waals surface area contributed by atoms with E-state index >= 15 is 0 Å². The van der Waals surface area contributed by atoms with Gasteiger partial charge in [0.15, 0.2) is 0 Å². The normalized spacial score (nSPS) is 9.64. The second-order valence-corrected chi connectivity index (χ2v) is 2.42. The summed E-state index contributed by atoms with van der Waals surface area (Å²) in [5.41, 5.74) is -0.602. The molecule has 0 saturated carbocycles. The lowest BCUT2D eigenvalue weighted by atomic mass is 10.2. The minimum atomic E-state index is -4.21. The van der Waals surface area contributed by atoms with Gasteiger partial charge in [-0.15, -0.1) is 12.3 Å². The second-order valence-electron chi connectivity index (χ2n) is 2.42. The highest BCUT2D eigenvalue weighted by molar-refractivity contribution is 5.17. The minimum Gasteiger partial charge on any atom is -0.166 e.